The van der Waals surface area contributed by atoms with E-state index in [2.05, 4.69) is 4.98 Å². The molecule has 0 spiro atoms. The summed E-state index contributed by atoms with van der Waals surface area (Å²) in [4.78, 5) is 43.8. The second-order valence-electron chi connectivity index (χ2n) is 9.69. The Kier molecular flexibility index (Phi) is 8.64. The Bertz CT molecular complexity index is 1400. The number of para-hydroxylation sites is 1. The molecule has 7 nitrogen and oxygen atoms in total. The van der Waals surface area contributed by atoms with Crippen LogP contribution in [0, 0.1) is 0 Å². The standard InChI is InChI=1S/C28H27F6N3O4/c1-2-41-25(39)8-5-9-36-15-21(12-18-14-35-23-7-4-3-6-22(18)23)37(16-24(36)38)26(40)17-10-19(27(29,30)31)13-20(11-17)28(32,33)34/h3-4,6-7,10-11,13-14,21,35H,2,5,8-9,12,15-16H2,1H3. The molecule has 0 saturated carbocycles. The molecule has 1 N–H and O–H groups in total. The highest BCUT2D eigenvalue weighted by atomic mass is 19.4. The van der Waals surface area contributed by atoms with Crippen LogP contribution in [0.1, 0.15) is 46.8 Å². The van der Waals surface area contributed by atoms with Crippen molar-refractivity contribution in [2.75, 3.05) is 26.2 Å². The number of hydrogen-bond donors (Lipinski definition) is 1. The van der Waals surface area contributed by atoms with Gasteiger partial charge in [-0.15, -0.1) is 0 Å². The van der Waals surface area contributed by atoms with Gasteiger partial charge in [-0.3, -0.25) is 14.4 Å². The van der Waals surface area contributed by atoms with Crippen molar-refractivity contribution >= 4 is 28.7 Å². The number of fused-ring (bicyclic) bond motifs is 1. The maximum atomic E-state index is 13.5. The Morgan fingerprint density at radius 2 is 1.68 bits per heavy atom. The molecule has 220 valence electrons. The summed E-state index contributed by atoms with van der Waals surface area (Å²) >= 11 is 0. The van der Waals surface area contributed by atoms with Crippen LogP contribution in [0.5, 0.6) is 0 Å². The number of piperazine rings is 1. The van der Waals surface area contributed by atoms with E-state index in [4.69, 9.17) is 4.74 Å². The summed E-state index contributed by atoms with van der Waals surface area (Å²) in [5.74, 6) is -2.10. The minimum atomic E-state index is -5.13. The van der Waals surface area contributed by atoms with Gasteiger partial charge in [-0.1, -0.05) is 18.2 Å². The van der Waals surface area contributed by atoms with Crippen LogP contribution in [0.4, 0.5) is 26.3 Å². The van der Waals surface area contributed by atoms with Gasteiger partial charge in [0.2, 0.25) is 5.91 Å². The Morgan fingerprint density at radius 1 is 1.02 bits per heavy atom. The molecule has 0 aliphatic carbocycles. The number of nitrogens with zero attached hydrogens (tertiary/aromatic N) is 2. The number of aromatic nitrogens is 1. The molecule has 13 heteroatoms. The number of carbonyl (C=O) groups excluding carboxylic acids is 3. The maximum Gasteiger partial charge on any atom is 0.416 e. The van der Waals surface area contributed by atoms with Crippen molar-refractivity contribution < 1.29 is 45.5 Å². The largest absolute Gasteiger partial charge is 0.466 e. The smallest absolute Gasteiger partial charge is 0.416 e. The highest BCUT2D eigenvalue weighted by Gasteiger charge is 2.40. The van der Waals surface area contributed by atoms with E-state index in [0.29, 0.717) is 12.1 Å². The van der Waals surface area contributed by atoms with Crippen molar-refractivity contribution in [2.24, 2.45) is 0 Å². The number of alkyl halides is 6. The van der Waals surface area contributed by atoms with Crippen LogP contribution in [-0.2, 0) is 33.1 Å². The van der Waals surface area contributed by atoms with Gasteiger partial charge in [-0.05, 0) is 49.6 Å². The molecule has 1 unspecified atom stereocenters. The van der Waals surface area contributed by atoms with Gasteiger partial charge in [0, 0.05) is 42.2 Å². The molecule has 1 aromatic heterocycles. The average Bonchev–Trinajstić information content (AvgIpc) is 3.31. The topological polar surface area (TPSA) is 82.7 Å². The lowest BCUT2D eigenvalue weighted by atomic mass is 9.98. The first-order valence-electron chi connectivity index (χ1n) is 12.9. The number of halogens is 6. The van der Waals surface area contributed by atoms with Crippen molar-refractivity contribution in [3.05, 3.63) is 70.9 Å². The molecular weight excluding hydrogens is 556 g/mol. The predicted octanol–water partition coefficient (Wildman–Crippen LogP) is 5.44. The fraction of sp³-hybridized carbons (Fsp3) is 0.393. The third-order valence-corrected chi connectivity index (χ3v) is 6.87. The van der Waals surface area contributed by atoms with E-state index in [9.17, 15) is 40.7 Å². The predicted molar refractivity (Wildman–Crippen MR) is 136 cm³/mol. The Labute approximate surface area is 231 Å². The quantitative estimate of drug-likeness (QED) is 0.283. The molecule has 2 amide bonds. The van der Waals surface area contributed by atoms with E-state index in [0.717, 1.165) is 21.4 Å². The molecule has 2 heterocycles. The van der Waals surface area contributed by atoms with Gasteiger partial charge in [0.05, 0.1) is 23.8 Å². The zero-order valence-electron chi connectivity index (χ0n) is 21.9. The average molecular weight is 584 g/mol. The SMILES string of the molecule is CCOC(=O)CCCN1CC(Cc2c[nH]c3ccccc23)N(C(=O)c2cc(C(F)(F)F)cc(C(F)(F)F)c2)CC1=O. The van der Waals surface area contributed by atoms with Crippen LogP contribution < -0.4 is 0 Å². The molecule has 0 radical (unpaired) electrons. The second kappa shape index (κ2) is 11.8. The lowest BCUT2D eigenvalue weighted by Gasteiger charge is -2.41. The second-order valence-corrected chi connectivity index (χ2v) is 9.69. The first kappa shape index (κ1) is 29.9. The lowest BCUT2D eigenvalue weighted by Crippen LogP contribution is -2.58. The van der Waals surface area contributed by atoms with Crippen LogP contribution in [0.3, 0.4) is 0 Å². The van der Waals surface area contributed by atoms with E-state index in [1.807, 2.05) is 18.2 Å². The van der Waals surface area contributed by atoms with Gasteiger partial charge in [0.25, 0.3) is 5.91 Å². The summed E-state index contributed by atoms with van der Waals surface area (Å²) in [6, 6.07) is 7.20. The molecule has 3 aromatic rings. The van der Waals surface area contributed by atoms with Gasteiger partial charge in [-0.25, -0.2) is 0 Å². The highest BCUT2D eigenvalue weighted by molar-refractivity contribution is 5.98. The van der Waals surface area contributed by atoms with Crippen LogP contribution in [-0.4, -0.2) is 64.9 Å². The van der Waals surface area contributed by atoms with E-state index in [1.54, 1.807) is 19.2 Å². The Morgan fingerprint density at radius 3 is 2.32 bits per heavy atom. The fourth-order valence-corrected chi connectivity index (χ4v) is 4.90. The molecule has 1 fully saturated rings. The third kappa shape index (κ3) is 7.01. The van der Waals surface area contributed by atoms with Gasteiger partial charge >= 0.3 is 18.3 Å². The maximum absolute atomic E-state index is 13.5. The summed E-state index contributed by atoms with van der Waals surface area (Å²) in [7, 11) is 0. The zero-order valence-corrected chi connectivity index (χ0v) is 21.9. The summed E-state index contributed by atoms with van der Waals surface area (Å²) in [5.41, 5.74) is -2.50. The summed E-state index contributed by atoms with van der Waals surface area (Å²) in [5, 5.41) is 0.823. The van der Waals surface area contributed by atoms with Crippen LogP contribution in [0.25, 0.3) is 10.9 Å². The van der Waals surface area contributed by atoms with Crippen LogP contribution in [0.2, 0.25) is 0 Å². The highest BCUT2D eigenvalue weighted by Crippen LogP contribution is 2.37. The number of amides is 2. The fourth-order valence-electron chi connectivity index (χ4n) is 4.90. The van der Waals surface area contributed by atoms with Gasteiger partial charge in [0.15, 0.2) is 0 Å². The first-order chi connectivity index (χ1) is 19.3. The number of hydrogen-bond acceptors (Lipinski definition) is 4. The molecule has 1 aliphatic rings. The van der Waals surface area contributed by atoms with Crippen molar-refractivity contribution in [3.63, 3.8) is 0 Å². The van der Waals surface area contributed by atoms with Crippen LogP contribution in [0.15, 0.2) is 48.7 Å². The Balaban J connectivity index is 1.66. The summed E-state index contributed by atoms with van der Waals surface area (Å²) < 4.78 is 85.7. The van der Waals surface area contributed by atoms with Crippen molar-refractivity contribution in [1.82, 2.24) is 14.8 Å². The van der Waals surface area contributed by atoms with Crippen molar-refractivity contribution in [3.8, 4) is 0 Å². The van der Waals surface area contributed by atoms with Crippen LogP contribution >= 0.6 is 0 Å². The van der Waals surface area contributed by atoms with Gasteiger partial charge < -0.3 is 19.5 Å². The number of ether oxygens (including phenoxy) is 1. The molecule has 4 rings (SSSR count). The summed E-state index contributed by atoms with van der Waals surface area (Å²) in [6.07, 6.45) is -8.05. The number of carbonyl (C=O) groups is 3. The lowest BCUT2D eigenvalue weighted by molar-refractivity contribution is -0.144. The summed E-state index contributed by atoms with van der Waals surface area (Å²) in [6.45, 7) is 1.44. The van der Waals surface area contributed by atoms with Crippen molar-refractivity contribution in [1.29, 1.82) is 0 Å². The minimum Gasteiger partial charge on any atom is -0.466 e. The van der Waals surface area contributed by atoms with E-state index in [1.165, 1.54) is 4.90 Å². The Hall–Kier alpha value is -4.03. The number of H-pyrrole nitrogens is 1. The number of benzene rings is 2. The molecule has 2 aromatic carbocycles. The number of rotatable bonds is 8. The molecule has 1 aliphatic heterocycles. The molecule has 1 saturated heterocycles. The number of aromatic amines is 1. The molecule has 0 bridgehead atoms. The van der Waals surface area contributed by atoms with E-state index < -0.39 is 59.4 Å². The number of nitrogens with one attached hydrogen (secondary N) is 1. The van der Waals surface area contributed by atoms with E-state index in [-0.39, 0.29) is 45.0 Å². The monoisotopic (exact) mass is 583 g/mol. The zero-order chi connectivity index (χ0) is 29.9. The minimum absolute atomic E-state index is 0.0298. The van der Waals surface area contributed by atoms with Gasteiger partial charge in [0.1, 0.15) is 6.54 Å². The molecule has 41 heavy (non-hydrogen) atoms. The molecular formula is C28H27F6N3O4. The van der Waals surface area contributed by atoms with E-state index >= 15 is 0 Å². The number of esters is 1. The normalized spacial score (nSPS) is 16.4. The van der Waals surface area contributed by atoms with Crippen molar-refractivity contribution in [2.45, 2.75) is 44.6 Å². The molecule has 1 atom stereocenters. The van der Waals surface area contributed by atoms with Gasteiger partial charge in [-0.2, -0.15) is 26.3 Å². The third-order valence-electron chi connectivity index (χ3n) is 6.87. The first-order valence-corrected chi connectivity index (χ1v) is 12.9.